The molecule has 4 heteroatoms. The molecule has 2 aromatic rings. The minimum absolute atomic E-state index is 0.192. The normalized spacial score (nSPS) is 10.1. The fraction of sp³-hybridized carbons (Fsp3) is 0.143. The van der Waals surface area contributed by atoms with E-state index in [0.29, 0.717) is 17.1 Å². The van der Waals surface area contributed by atoms with Crippen molar-refractivity contribution in [2.24, 2.45) is 0 Å². The first-order valence-electron chi connectivity index (χ1n) is 5.55. The van der Waals surface area contributed by atoms with Gasteiger partial charge in [0.2, 0.25) is 0 Å². The Hall–Kier alpha value is -1.87. The maximum atomic E-state index is 9.72. The third-order valence-electron chi connectivity index (χ3n) is 2.63. The van der Waals surface area contributed by atoms with Crippen LogP contribution in [0.5, 0.6) is 11.5 Å². The lowest BCUT2D eigenvalue weighted by atomic mass is 10.2. The number of phenols is 1. The molecular formula is C14H14ClNO2. The summed E-state index contributed by atoms with van der Waals surface area (Å²) in [6, 6.07) is 12.7. The van der Waals surface area contributed by atoms with Gasteiger partial charge >= 0.3 is 0 Å². The zero-order chi connectivity index (χ0) is 13.0. The van der Waals surface area contributed by atoms with Crippen LogP contribution in [0, 0.1) is 0 Å². The molecule has 3 nitrogen and oxygen atoms in total. The molecule has 0 fully saturated rings. The molecule has 0 aromatic heterocycles. The van der Waals surface area contributed by atoms with E-state index in [1.54, 1.807) is 25.3 Å². The van der Waals surface area contributed by atoms with E-state index in [0.717, 1.165) is 11.4 Å². The number of hydrogen-bond donors (Lipinski definition) is 2. The van der Waals surface area contributed by atoms with Gasteiger partial charge in [-0.3, -0.25) is 0 Å². The summed E-state index contributed by atoms with van der Waals surface area (Å²) in [4.78, 5) is 0. The van der Waals surface area contributed by atoms with Crippen LogP contribution < -0.4 is 10.1 Å². The van der Waals surface area contributed by atoms with Crippen LogP contribution in [0.2, 0.25) is 5.02 Å². The second kappa shape index (κ2) is 5.65. The third kappa shape index (κ3) is 2.87. The van der Waals surface area contributed by atoms with Crippen LogP contribution in [0.3, 0.4) is 0 Å². The Bertz CT molecular complexity index is 523. The zero-order valence-corrected chi connectivity index (χ0v) is 10.7. The number of hydrogen-bond acceptors (Lipinski definition) is 3. The van der Waals surface area contributed by atoms with Crippen LogP contribution in [0.15, 0.2) is 42.5 Å². The molecule has 2 N–H and O–H groups in total. The zero-order valence-electron chi connectivity index (χ0n) is 9.98. The van der Waals surface area contributed by atoms with Crippen LogP contribution in [0.1, 0.15) is 5.56 Å². The molecule has 18 heavy (non-hydrogen) atoms. The van der Waals surface area contributed by atoms with Crippen molar-refractivity contribution in [3.63, 3.8) is 0 Å². The van der Waals surface area contributed by atoms with Crippen molar-refractivity contribution in [2.75, 3.05) is 12.4 Å². The second-order valence-corrected chi connectivity index (χ2v) is 4.23. The Morgan fingerprint density at radius 3 is 2.72 bits per heavy atom. The summed E-state index contributed by atoms with van der Waals surface area (Å²) in [6.45, 7) is 0.457. The molecule has 0 aliphatic rings. The first-order valence-corrected chi connectivity index (χ1v) is 5.93. The van der Waals surface area contributed by atoms with E-state index < -0.39 is 0 Å². The lowest BCUT2D eigenvalue weighted by molar-refractivity contribution is 0.415. The predicted octanol–water partition coefficient (Wildman–Crippen LogP) is 3.67. The third-order valence-corrected chi connectivity index (χ3v) is 2.99. The van der Waals surface area contributed by atoms with Crippen molar-refractivity contribution in [3.8, 4) is 11.5 Å². The molecule has 0 bridgehead atoms. The maximum Gasteiger partial charge on any atom is 0.122 e. The van der Waals surface area contributed by atoms with Gasteiger partial charge in [0, 0.05) is 28.9 Å². The monoisotopic (exact) mass is 263 g/mol. The molecule has 0 saturated heterocycles. The number of anilines is 1. The van der Waals surface area contributed by atoms with Crippen molar-refractivity contribution in [3.05, 3.63) is 53.1 Å². The number of methoxy groups -OCH3 is 1. The average Bonchev–Trinajstić information content (AvgIpc) is 2.38. The van der Waals surface area contributed by atoms with Gasteiger partial charge in [-0.05, 0) is 24.3 Å². The van der Waals surface area contributed by atoms with Crippen molar-refractivity contribution in [1.29, 1.82) is 0 Å². The number of phenolic OH excluding ortho intramolecular Hbond substituents is 1. The van der Waals surface area contributed by atoms with Crippen LogP contribution in [-0.2, 0) is 6.54 Å². The minimum atomic E-state index is 0.192. The SMILES string of the molecule is COc1cccc(NCc2c(O)cccc2Cl)c1. The fourth-order valence-corrected chi connectivity index (χ4v) is 1.88. The van der Waals surface area contributed by atoms with Crippen LogP contribution >= 0.6 is 11.6 Å². The number of benzene rings is 2. The molecule has 0 aliphatic carbocycles. The number of ether oxygens (including phenoxy) is 1. The van der Waals surface area contributed by atoms with Gasteiger partial charge < -0.3 is 15.2 Å². The summed E-state index contributed by atoms with van der Waals surface area (Å²) >= 11 is 6.03. The van der Waals surface area contributed by atoms with E-state index in [2.05, 4.69) is 5.32 Å². The highest BCUT2D eigenvalue weighted by Crippen LogP contribution is 2.26. The van der Waals surface area contributed by atoms with Gasteiger partial charge in [-0.2, -0.15) is 0 Å². The quantitative estimate of drug-likeness (QED) is 0.884. The van der Waals surface area contributed by atoms with Gasteiger partial charge in [0.1, 0.15) is 11.5 Å². The first kappa shape index (κ1) is 12.6. The molecule has 0 saturated carbocycles. The van der Waals surface area contributed by atoms with E-state index in [9.17, 15) is 5.11 Å². The highest BCUT2D eigenvalue weighted by molar-refractivity contribution is 6.31. The van der Waals surface area contributed by atoms with Crippen molar-refractivity contribution in [2.45, 2.75) is 6.54 Å². The molecule has 0 radical (unpaired) electrons. The molecule has 0 unspecified atom stereocenters. The standard InChI is InChI=1S/C14H14ClNO2/c1-18-11-5-2-4-10(8-11)16-9-12-13(15)6-3-7-14(12)17/h2-8,16-17H,9H2,1H3. The molecular weight excluding hydrogens is 250 g/mol. The van der Waals surface area contributed by atoms with Gasteiger partial charge in [-0.25, -0.2) is 0 Å². The summed E-state index contributed by atoms with van der Waals surface area (Å²) in [6.07, 6.45) is 0. The number of rotatable bonds is 4. The predicted molar refractivity (Wildman–Crippen MR) is 73.4 cm³/mol. The highest BCUT2D eigenvalue weighted by atomic mass is 35.5. The van der Waals surface area contributed by atoms with Gasteiger partial charge in [-0.15, -0.1) is 0 Å². The van der Waals surface area contributed by atoms with Crippen molar-refractivity contribution in [1.82, 2.24) is 0 Å². The molecule has 0 heterocycles. The smallest absolute Gasteiger partial charge is 0.122 e. The molecule has 2 aromatic carbocycles. The average molecular weight is 264 g/mol. The Kier molecular flexibility index (Phi) is 3.95. The molecule has 0 atom stereocenters. The fourth-order valence-electron chi connectivity index (χ4n) is 1.65. The maximum absolute atomic E-state index is 9.72. The molecule has 2 rings (SSSR count). The lowest BCUT2D eigenvalue weighted by Crippen LogP contribution is -2.00. The van der Waals surface area contributed by atoms with Gasteiger partial charge in [0.05, 0.1) is 7.11 Å². The summed E-state index contributed by atoms with van der Waals surface area (Å²) in [5.74, 6) is 0.973. The minimum Gasteiger partial charge on any atom is -0.508 e. The van der Waals surface area contributed by atoms with E-state index >= 15 is 0 Å². The summed E-state index contributed by atoms with van der Waals surface area (Å²) in [7, 11) is 1.62. The van der Waals surface area contributed by atoms with Gasteiger partial charge in [-0.1, -0.05) is 23.7 Å². The Morgan fingerprint density at radius 2 is 2.00 bits per heavy atom. The molecule has 94 valence electrons. The van der Waals surface area contributed by atoms with Crippen LogP contribution in [0.4, 0.5) is 5.69 Å². The Morgan fingerprint density at radius 1 is 1.22 bits per heavy atom. The van der Waals surface area contributed by atoms with Crippen LogP contribution in [-0.4, -0.2) is 12.2 Å². The highest BCUT2D eigenvalue weighted by Gasteiger charge is 2.05. The molecule has 0 aliphatic heterocycles. The molecule has 0 amide bonds. The number of halogens is 1. The largest absolute Gasteiger partial charge is 0.508 e. The number of aromatic hydroxyl groups is 1. The van der Waals surface area contributed by atoms with E-state index in [1.165, 1.54) is 0 Å². The van der Waals surface area contributed by atoms with Crippen molar-refractivity contribution < 1.29 is 9.84 Å². The summed E-state index contributed by atoms with van der Waals surface area (Å²) < 4.78 is 5.14. The van der Waals surface area contributed by atoms with E-state index in [-0.39, 0.29) is 5.75 Å². The van der Waals surface area contributed by atoms with E-state index in [4.69, 9.17) is 16.3 Å². The summed E-state index contributed by atoms with van der Waals surface area (Å²) in [5, 5.41) is 13.5. The van der Waals surface area contributed by atoms with Crippen molar-refractivity contribution >= 4 is 17.3 Å². The van der Waals surface area contributed by atoms with E-state index in [1.807, 2.05) is 24.3 Å². The van der Waals surface area contributed by atoms with Crippen LogP contribution in [0.25, 0.3) is 0 Å². The molecule has 0 spiro atoms. The summed E-state index contributed by atoms with van der Waals surface area (Å²) in [5.41, 5.74) is 1.59. The van der Waals surface area contributed by atoms with Gasteiger partial charge in [0.25, 0.3) is 0 Å². The van der Waals surface area contributed by atoms with Gasteiger partial charge in [0.15, 0.2) is 0 Å². The Labute approximate surface area is 111 Å². The lowest BCUT2D eigenvalue weighted by Gasteiger charge is -2.10. The number of nitrogens with one attached hydrogen (secondary N) is 1. The topological polar surface area (TPSA) is 41.5 Å². The second-order valence-electron chi connectivity index (χ2n) is 3.82. The first-order chi connectivity index (χ1) is 8.70. The Balaban J connectivity index is 2.11.